The summed E-state index contributed by atoms with van der Waals surface area (Å²) in [4.78, 5) is 11.4. The third-order valence-electron chi connectivity index (χ3n) is 3.22. The fraction of sp³-hybridized carbons (Fsp3) is 0.438. The molecule has 1 amide bonds. The number of hydrogen-bond donors (Lipinski definition) is 1. The van der Waals surface area contributed by atoms with Crippen molar-refractivity contribution >= 4 is 11.8 Å². The van der Waals surface area contributed by atoms with Crippen molar-refractivity contribution in [3.05, 3.63) is 36.1 Å². The van der Waals surface area contributed by atoms with Gasteiger partial charge in [-0.15, -0.1) is 0 Å². The number of nitrogens with one attached hydrogen (secondary N) is 1. The molecule has 15 heteroatoms. The Morgan fingerprint density at radius 1 is 0.935 bits per heavy atom. The summed E-state index contributed by atoms with van der Waals surface area (Å²) in [6, 6.07) is 0.237. The zero-order valence-electron chi connectivity index (χ0n) is 15.3. The van der Waals surface area contributed by atoms with Gasteiger partial charge in [-0.2, -0.15) is 48.3 Å². The minimum atomic E-state index is -7.41. The molecule has 0 heterocycles. The molecule has 0 bridgehead atoms. The van der Waals surface area contributed by atoms with Gasteiger partial charge in [0.15, 0.2) is 0 Å². The topological polar surface area (TPSA) is 47.6 Å². The van der Waals surface area contributed by atoms with Crippen molar-refractivity contribution in [1.29, 1.82) is 0 Å². The molecule has 0 fully saturated rings. The van der Waals surface area contributed by atoms with Crippen LogP contribution in [0, 0.1) is 0 Å². The summed E-state index contributed by atoms with van der Waals surface area (Å²) in [6.45, 7) is 2.95. The smallest absolute Gasteiger partial charge is 0.447 e. The molecule has 31 heavy (non-hydrogen) atoms. The molecule has 0 atom stereocenters. The van der Waals surface area contributed by atoms with Crippen LogP contribution >= 0.6 is 0 Å². The number of halogens is 11. The van der Waals surface area contributed by atoms with Gasteiger partial charge in [-0.25, -0.2) is 4.79 Å². The van der Waals surface area contributed by atoms with E-state index in [1.165, 1.54) is 13.8 Å². The standard InChI is InChI=1S/C16H12F11NO3/c1-7(2)30-12(29)28-8-4-3-5-9(6-8)31-11(18)10(17)13(19,20)14(21,22)15(23,24)16(25,26)27/h3-7H,1-2H3,(H,28,29). The molecule has 0 aliphatic rings. The molecule has 1 aromatic rings. The summed E-state index contributed by atoms with van der Waals surface area (Å²) in [7, 11) is 0. The Labute approximate surface area is 166 Å². The highest BCUT2D eigenvalue weighted by Gasteiger charge is 2.83. The highest BCUT2D eigenvalue weighted by Crippen LogP contribution is 2.55. The van der Waals surface area contributed by atoms with Crippen molar-refractivity contribution in [2.75, 3.05) is 5.32 Å². The van der Waals surface area contributed by atoms with Crippen molar-refractivity contribution in [2.45, 2.75) is 43.9 Å². The van der Waals surface area contributed by atoms with Gasteiger partial charge in [0.1, 0.15) is 5.75 Å². The molecule has 0 unspecified atom stereocenters. The Balaban J connectivity index is 3.18. The van der Waals surface area contributed by atoms with Gasteiger partial charge >= 0.3 is 36.1 Å². The first-order valence-corrected chi connectivity index (χ1v) is 7.86. The van der Waals surface area contributed by atoms with E-state index in [1.807, 2.05) is 5.32 Å². The number of anilines is 1. The number of hydrogen-bond acceptors (Lipinski definition) is 3. The number of benzene rings is 1. The van der Waals surface area contributed by atoms with E-state index >= 15 is 0 Å². The molecule has 4 nitrogen and oxygen atoms in total. The Bertz CT molecular complexity index is 834. The van der Waals surface area contributed by atoms with Crippen LogP contribution in [0.3, 0.4) is 0 Å². The fourth-order valence-corrected chi connectivity index (χ4v) is 1.78. The van der Waals surface area contributed by atoms with Crippen LogP contribution in [0.25, 0.3) is 0 Å². The molecule has 1 rings (SSSR count). The molecule has 0 spiro atoms. The van der Waals surface area contributed by atoms with Crippen LogP contribution in [0.1, 0.15) is 13.8 Å². The Morgan fingerprint density at radius 2 is 1.48 bits per heavy atom. The maximum atomic E-state index is 13.6. The molecular weight excluding hydrogens is 463 g/mol. The predicted molar refractivity (Wildman–Crippen MR) is 82.4 cm³/mol. The number of rotatable bonds is 7. The van der Waals surface area contributed by atoms with Crippen LogP contribution in [0.15, 0.2) is 36.1 Å². The lowest BCUT2D eigenvalue weighted by molar-refractivity contribution is -0.392. The number of allylic oxidation sites excluding steroid dienone is 1. The lowest BCUT2D eigenvalue weighted by Gasteiger charge is -2.32. The minimum Gasteiger partial charge on any atom is -0.447 e. The molecule has 0 aliphatic carbocycles. The molecule has 1 N–H and O–H groups in total. The first kappa shape index (κ1) is 26.3. The second-order valence-electron chi connectivity index (χ2n) is 6.02. The van der Waals surface area contributed by atoms with E-state index < -0.39 is 53.7 Å². The van der Waals surface area contributed by atoms with Crippen LogP contribution in [-0.2, 0) is 4.74 Å². The van der Waals surface area contributed by atoms with Gasteiger partial charge in [-0.3, -0.25) is 5.32 Å². The van der Waals surface area contributed by atoms with Gasteiger partial charge in [0.2, 0.25) is 5.83 Å². The molecular formula is C16H12F11NO3. The second-order valence-corrected chi connectivity index (χ2v) is 6.02. The van der Waals surface area contributed by atoms with Gasteiger partial charge in [0.25, 0.3) is 0 Å². The van der Waals surface area contributed by atoms with E-state index in [0.717, 1.165) is 18.2 Å². The Morgan fingerprint density at radius 3 is 1.97 bits per heavy atom. The number of carbonyl (C=O) groups is 1. The normalized spacial score (nSPS) is 14.3. The summed E-state index contributed by atoms with van der Waals surface area (Å²) in [5.74, 6) is -26.7. The highest BCUT2D eigenvalue weighted by molar-refractivity contribution is 5.84. The molecule has 0 aromatic heterocycles. The second kappa shape index (κ2) is 8.78. The van der Waals surface area contributed by atoms with Crippen LogP contribution < -0.4 is 10.1 Å². The largest absolute Gasteiger partial charge is 0.460 e. The summed E-state index contributed by atoms with van der Waals surface area (Å²) >= 11 is 0. The van der Waals surface area contributed by atoms with Gasteiger partial charge < -0.3 is 9.47 Å². The van der Waals surface area contributed by atoms with E-state index in [1.54, 1.807) is 0 Å². The number of amides is 1. The zero-order chi connectivity index (χ0) is 24.4. The van der Waals surface area contributed by atoms with Gasteiger partial charge in [0.05, 0.1) is 6.10 Å². The van der Waals surface area contributed by atoms with Crippen LogP contribution in [0.2, 0.25) is 0 Å². The molecule has 0 radical (unpaired) electrons. The summed E-state index contributed by atoms with van der Waals surface area (Å²) in [5, 5.41) is 2.04. The van der Waals surface area contributed by atoms with Crippen molar-refractivity contribution in [1.82, 2.24) is 0 Å². The SMILES string of the molecule is CC(C)OC(=O)Nc1cccc(OC(F)=C(F)C(F)(F)C(F)(F)C(F)(F)C(F)(F)F)c1. The summed E-state index contributed by atoms with van der Waals surface area (Å²) in [6.07, 6.45) is -8.83. The first-order valence-electron chi connectivity index (χ1n) is 7.86. The van der Waals surface area contributed by atoms with E-state index in [-0.39, 0.29) is 5.69 Å². The van der Waals surface area contributed by atoms with Crippen LogP contribution in [0.5, 0.6) is 5.75 Å². The van der Waals surface area contributed by atoms with Crippen molar-refractivity contribution in [3.63, 3.8) is 0 Å². The van der Waals surface area contributed by atoms with Gasteiger partial charge in [0, 0.05) is 11.8 Å². The zero-order valence-corrected chi connectivity index (χ0v) is 15.3. The quantitative estimate of drug-likeness (QED) is 0.357. The van der Waals surface area contributed by atoms with E-state index in [2.05, 4.69) is 9.47 Å². The van der Waals surface area contributed by atoms with Crippen molar-refractivity contribution in [3.8, 4) is 5.75 Å². The predicted octanol–water partition coefficient (Wildman–Crippen LogP) is 6.60. The average molecular weight is 475 g/mol. The van der Waals surface area contributed by atoms with Crippen molar-refractivity contribution < 1.29 is 62.6 Å². The molecule has 176 valence electrons. The summed E-state index contributed by atoms with van der Waals surface area (Å²) < 4.78 is 150. The van der Waals surface area contributed by atoms with E-state index in [9.17, 15) is 53.1 Å². The first-order chi connectivity index (χ1) is 13.8. The summed E-state index contributed by atoms with van der Waals surface area (Å²) in [5.41, 5.74) is -0.253. The van der Waals surface area contributed by atoms with Gasteiger partial charge in [-0.05, 0) is 26.0 Å². The lowest BCUT2D eigenvalue weighted by Crippen LogP contribution is -2.61. The Hall–Kier alpha value is -2.74. The Kier molecular flexibility index (Phi) is 7.45. The highest BCUT2D eigenvalue weighted by atomic mass is 19.4. The molecule has 0 aliphatic heterocycles. The molecule has 1 aromatic carbocycles. The third kappa shape index (κ3) is 5.50. The van der Waals surface area contributed by atoms with Crippen LogP contribution in [0.4, 0.5) is 58.8 Å². The maximum absolute atomic E-state index is 13.6. The van der Waals surface area contributed by atoms with Crippen LogP contribution in [-0.4, -0.2) is 36.1 Å². The molecule has 0 saturated heterocycles. The van der Waals surface area contributed by atoms with Crippen molar-refractivity contribution in [2.24, 2.45) is 0 Å². The fourth-order valence-electron chi connectivity index (χ4n) is 1.78. The number of ether oxygens (including phenoxy) is 2. The van der Waals surface area contributed by atoms with Gasteiger partial charge in [-0.1, -0.05) is 6.07 Å². The monoisotopic (exact) mass is 475 g/mol. The number of carbonyl (C=O) groups excluding carboxylic acids is 1. The minimum absolute atomic E-state index is 0.253. The molecule has 0 saturated carbocycles. The lowest BCUT2D eigenvalue weighted by atomic mass is 10.0. The average Bonchev–Trinajstić information content (AvgIpc) is 2.59. The van der Waals surface area contributed by atoms with E-state index in [4.69, 9.17) is 0 Å². The third-order valence-corrected chi connectivity index (χ3v) is 3.22. The van der Waals surface area contributed by atoms with E-state index in [0.29, 0.717) is 6.07 Å². The number of alkyl halides is 9. The maximum Gasteiger partial charge on any atom is 0.460 e.